The van der Waals surface area contributed by atoms with Crippen molar-refractivity contribution in [3.63, 3.8) is 0 Å². The topological polar surface area (TPSA) is 32.5 Å². The van der Waals surface area contributed by atoms with Gasteiger partial charge in [-0.1, -0.05) is 13.3 Å². The van der Waals surface area contributed by atoms with Gasteiger partial charge < -0.3 is 10.6 Å². The van der Waals surface area contributed by atoms with Gasteiger partial charge in [0, 0.05) is 19.1 Å². The molecule has 2 N–H and O–H groups in total. The molecule has 0 aromatic rings. The van der Waals surface area contributed by atoms with E-state index in [-0.39, 0.29) is 0 Å². The van der Waals surface area contributed by atoms with Crippen LogP contribution in [-0.4, -0.2) is 55.1 Å². The van der Waals surface area contributed by atoms with Crippen LogP contribution in [-0.2, 0) is 0 Å². The predicted molar refractivity (Wildman–Crippen MR) is 82.3 cm³/mol. The molecule has 3 nitrogen and oxygen atoms in total. The van der Waals surface area contributed by atoms with Crippen LogP contribution in [0.25, 0.3) is 0 Å². The van der Waals surface area contributed by atoms with Crippen molar-refractivity contribution >= 4 is 0 Å². The van der Waals surface area contributed by atoms with Crippen LogP contribution in [0.5, 0.6) is 0 Å². The third-order valence-electron chi connectivity index (χ3n) is 5.21. The fourth-order valence-electron chi connectivity index (χ4n) is 3.81. The summed E-state index contributed by atoms with van der Waals surface area (Å²) in [6.07, 6.45) is 9.71. The predicted octanol–water partition coefficient (Wildman–Crippen LogP) is 2.31. The van der Waals surface area contributed by atoms with E-state index in [1.165, 1.54) is 71.2 Å². The summed E-state index contributed by atoms with van der Waals surface area (Å²) in [5.41, 5.74) is 5.62. The maximum atomic E-state index is 5.62. The molecular formula is C16H33N3. The van der Waals surface area contributed by atoms with Gasteiger partial charge in [0.05, 0.1) is 0 Å². The zero-order valence-corrected chi connectivity index (χ0v) is 12.8. The normalized spacial score (nSPS) is 31.3. The third-order valence-corrected chi connectivity index (χ3v) is 5.21. The van der Waals surface area contributed by atoms with E-state index in [0.717, 1.165) is 24.9 Å². The van der Waals surface area contributed by atoms with E-state index < -0.39 is 0 Å². The second-order valence-corrected chi connectivity index (χ2v) is 6.46. The Morgan fingerprint density at radius 2 is 1.79 bits per heavy atom. The van der Waals surface area contributed by atoms with Crippen LogP contribution in [0.1, 0.15) is 51.9 Å². The first-order valence-electron chi connectivity index (χ1n) is 8.50. The Balaban J connectivity index is 1.73. The van der Waals surface area contributed by atoms with Gasteiger partial charge in [-0.25, -0.2) is 0 Å². The Hall–Kier alpha value is -0.120. The van der Waals surface area contributed by atoms with Gasteiger partial charge in [-0.3, -0.25) is 4.90 Å². The van der Waals surface area contributed by atoms with Crippen LogP contribution >= 0.6 is 0 Å². The molecule has 0 unspecified atom stereocenters. The molecule has 1 heterocycles. The fraction of sp³-hybridized carbons (Fsp3) is 1.00. The number of nitrogens with zero attached hydrogens (tertiary/aromatic N) is 2. The molecule has 3 heteroatoms. The van der Waals surface area contributed by atoms with Crippen molar-refractivity contribution in [1.82, 2.24) is 9.80 Å². The lowest BCUT2D eigenvalue weighted by molar-refractivity contribution is 0.138. The van der Waals surface area contributed by atoms with Gasteiger partial charge in [-0.05, 0) is 70.6 Å². The van der Waals surface area contributed by atoms with Gasteiger partial charge in [0.2, 0.25) is 0 Å². The van der Waals surface area contributed by atoms with Crippen LogP contribution in [0.2, 0.25) is 0 Å². The second-order valence-electron chi connectivity index (χ2n) is 6.46. The highest BCUT2D eigenvalue weighted by Crippen LogP contribution is 2.29. The Kier molecular flexibility index (Phi) is 6.62. The van der Waals surface area contributed by atoms with Crippen LogP contribution in [0.15, 0.2) is 0 Å². The molecule has 0 amide bonds. The summed E-state index contributed by atoms with van der Waals surface area (Å²) in [4.78, 5) is 5.40. The third kappa shape index (κ3) is 4.73. The average molecular weight is 267 g/mol. The lowest BCUT2D eigenvalue weighted by atomic mass is 9.84. The van der Waals surface area contributed by atoms with Crippen molar-refractivity contribution in [1.29, 1.82) is 0 Å². The lowest BCUT2D eigenvalue weighted by Crippen LogP contribution is -2.40. The molecule has 0 atom stereocenters. The molecule has 1 aliphatic carbocycles. The minimum atomic E-state index is 0.835. The van der Waals surface area contributed by atoms with Gasteiger partial charge in [0.25, 0.3) is 0 Å². The largest absolute Gasteiger partial charge is 0.330 e. The molecule has 1 aliphatic heterocycles. The average Bonchev–Trinajstić information content (AvgIpc) is 2.71. The summed E-state index contributed by atoms with van der Waals surface area (Å²) >= 11 is 0. The molecule has 2 fully saturated rings. The van der Waals surface area contributed by atoms with Crippen molar-refractivity contribution in [3.8, 4) is 0 Å². The van der Waals surface area contributed by atoms with Gasteiger partial charge in [-0.15, -0.1) is 0 Å². The molecule has 19 heavy (non-hydrogen) atoms. The summed E-state index contributed by atoms with van der Waals surface area (Å²) in [5, 5.41) is 0. The monoisotopic (exact) mass is 267 g/mol. The summed E-state index contributed by atoms with van der Waals surface area (Å²) in [5.74, 6) is 1.02. The first-order valence-corrected chi connectivity index (χ1v) is 8.50. The zero-order valence-electron chi connectivity index (χ0n) is 12.8. The van der Waals surface area contributed by atoms with Crippen LogP contribution in [0.3, 0.4) is 0 Å². The number of hydrogen-bond donors (Lipinski definition) is 1. The van der Waals surface area contributed by atoms with E-state index in [9.17, 15) is 0 Å². The summed E-state index contributed by atoms with van der Waals surface area (Å²) in [6, 6.07) is 0.886. The van der Waals surface area contributed by atoms with Crippen LogP contribution in [0.4, 0.5) is 0 Å². The first-order chi connectivity index (χ1) is 9.33. The second kappa shape index (κ2) is 8.23. The van der Waals surface area contributed by atoms with Crippen molar-refractivity contribution in [2.24, 2.45) is 11.7 Å². The van der Waals surface area contributed by atoms with E-state index in [1.807, 2.05) is 0 Å². The molecule has 112 valence electrons. The van der Waals surface area contributed by atoms with E-state index in [1.54, 1.807) is 0 Å². The van der Waals surface area contributed by atoms with Gasteiger partial charge >= 0.3 is 0 Å². The van der Waals surface area contributed by atoms with E-state index in [2.05, 4.69) is 16.7 Å². The van der Waals surface area contributed by atoms with Gasteiger partial charge in [0.1, 0.15) is 0 Å². The minimum Gasteiger partial charge on any atom is -0.330 e. The summed E-state index contributed by atoms with van der Waals surface area (Å²) < 4.78 is 0. The maximum Gasteiger partial charge on any atom is 0.0112 e. The molecule has 0 bridgehead atoms. The van der Waals surface area contributed by atoms with E-state index >= 15 is 0 Å². The Labute approximate surface area is 119 Å². The molecule has 1 saturated heterocycles. The highest BCUT2D eigenvalue weighted by atomic mass is 15.2. The Morgan fingerprint density at radius 1 is 1.00 bits per heavy atom. The van der Waals surface area contributed by atoms with E-state index in [0.29, 0.717) is 0 Å². The summed E-state index contributed by atoms with van der Waals surface area (Å²) in [7, 11) is 0. The zero-order chi connectivity index (χ0) is 13.5. The standard InChI is InChI=1S/C16H33N3/c1-2-15-5-7-16(8-6-15)19-12-4-11-18(13-14-19)10-3-9-17/h15-16H,2-14,17H2,1H3. The smallest absolute Gasteiger partial charge is 0.0112 e. The minimum absolute atomic E-state index is 0.835. The number of rotatable bonds is 5. The van der Waals surface area contributed by atoms with Crippen molar-refractivity contribution in [3.05, 3.63) is 0 Å². The number of nitrogens with two attached hydrogens (primary N) is 1. The lowest BCUT2D eigenvalue weighted by Gasteiger charge is -2.36. The van der Waals surface area contributed by atoms with Crippen molar-refractivity contribution in [2.75, 3.05) is 39.3 Å². The first kappa shape index (κ1) is 15.3. The van der Waals surface area contributed by atoms with Gasteiger partial charge in [-0.2, -0.15) is 0 Å². The highest BCUT2D eigenvalue weighted by Gasteiger charge is 2.26. The molecule has 2 rings (SSSR count). The van der Waals surface area contributed by atoms with Gasteiger partial charge in [0.15, 0.2) is 0 Å². The highest BCUT2D eigenvalue weighted by molar-refractivity contribution is 4.81. The fourth-order valence-corrected chi connectivity index (χ4v) is 3.81. The van der Waals surface area contributed by atoms with Crippen molar-refractivity contribution in [2.45, 2.75) is 57.9 Å². The maximum absolute atomic E-state index is 5.62. The molecule has 2 aliphatic rings. The summed E-state index contributed by atoms with van der Waals surface area (Å²) in [6.45, 7) is 9.53. The number of hydrogen-bond acceptors (Lipinski definition) is 3. The molecule has 0 aromatic carbocycles. The molecule has 0 radical (unpaired) electrons. The Morgan fingerprint density at radius 3 is 2.47 bits per heavy atom. The molecule has 0 aromatic heterocycles. The SMILES string of the molecule is CCC1CCC(N2CCCN(CCCN)CC2)CC1. The van der Waals surface area contributed by atoms with E-state index in [4.69, 9.17) is 5.73 Å². The molecular weight excluding hydrogens is 234 g/mol. The molecule has 0 spiro atoms. The Bertz CT molecular complexity index is 236. The van der Waals surface area contributed by atoms with Crippen molar-refractivity contribution < 1.29 is 0 Å². The molecule has 1 saturated carbocycles. The van der Waals surface area contributed by atoms with Crippen LogP contribution < -0.4 is 5.73 Å². The van der Waals surface area contributed by atoms with Crippen LogP contribution in [0, 0.1) is 5.92 Å². The quantitative estimate of drug-likeness (QED) is 0.830.